The van der Waals surface area contributed by atoms with Gasteiger partial charge in [-0.25, -0.2) is 24.1 Å². The van der Waals surface area contributed by atoms with Gasteiger partial charge in [-0.15, -0.1) is 11.3 Å². The number of ether oxygens (including phenoxy) is 4. The number of hydrogen-bond acceptors (Lipinski definition) is 9. The first-order chi connectivity index (χ1) is 19.2. The van der Waals surface area contributed by atoms with Crippen molar-refractivity contribution >= 4 is 39.5 Å². The Balaban J connectivity index is 1.31. The van der Waals surface area contributed by atoms with Crippen LogP contribution in [0.1, 0.15) is 50.7 Å². The summed E-state index contributed by atoms with van der Waals surface area (Å²) in [5.41, 5.74) is 0.687. The molecule has 0 spiro atoms. The fourth-order valence-corrected chi connectivity index (χ4v) is 4.54. The predicted molar refractivity (Wildman–Crippen MR) is 152 cm³/mol. The molecule has 0 aliphatic carbocycles. The number of nitrogens with zero attached hydrogens (tertiary/aromatic N) is 4. The van der Waals surface area contributed by atoms with Crippen molar-refractivity contribution in [2.24, 2.45) is 0 Å². The first-order valence-electron chi connectivity index (χ1n) is 13.0. The van der Waals surface area contributed by atoms with Gasteiger partial charge in [0.1, 0.15) is 41.4 Å². The second-order valence-corrected chi connectivity index (χ2v) is 11.2. The van der Waals surface area contributed by atoms with Crippen molar-refractivity contribution < 1.29 is 28.1 Å². The van der Waals surface area contributed by atoms with E-state index in [0.29, 0.717) is 23.9 Å². The Hall–Kier alpha value is -3.59. The second kappa shape index (κ2) is 13.7. The largest absolute Gasteiger partial charge is 0.491 e. The molecule has 1 amide bonds. The van der Waals surface area contributed by atoms with Crippen molar-refractivity contribution in [2.75, 3.05) is 31.8 Å². The number of fused-ring (bicyclic) bond motifs is 1. The molecule has 3 aromatic rings. The minimum Gasteiger partial charge on any atom is -0.491 e. The summed E-state index contributed by atoms with van der Waals surface area (Å²) in [5.74, 6) is 6.82. The molecule has 40 heavy (non-hydrogen) atoms. The van der Waals surface area contributed by atoms with E-state index in [1.807, 2.05) is 24.3 Å². The molecule has 11 heteroatoms. The van der Waals surface area contributed by atoms with Crippen molar-refractivity contribution in [3.8, 4) is 17.6 Å². The molecule has 1 aliphatic heterocycles. The highest BCUT2D eigenvalue weighted by atomic mass is 32.1. The van der Waals surface area contributed by atoms with E-state index in [1.54, 1.807) is 33.9 Å². The Morgan fingerprint density at radius 1 is 1.30 bits per heavy atom. The van der Waals surface area contributed by atoms with Gasteiger partial charge in [0.2, 0.25) is 0 Å². The van der Waals surface area contributed by atoms with Crippen LogP contribution in [-0.2, 0) is 14.2 Å². The van der Waals surface area contributed by atoms with E-state index in [2.05, 4.69) is 26.8 Å². The first-order valence-corrected chi connectivity index (χ1v) is 13.8. The molecule has 1 aromatic carbocycles. The topological polar surface area (TPSA) is 95.9 Å². The molecule has 0 N–H and O–H groups in total. The molecule has 0 saturated carbocycles. The van der Waals surface area contributed by atoms with E-state index >= 15 is 0 Å². The summed E-state index contributed by atoms with van der Waals surface area (Å²) in [6.45, 7) is 5.50. The van der Waals surface area contributed by atoms with Crippen molar-refractivity contribution in [1.82, 2.24) is 15.0 Å². The normalized spacial score (nSPS) is 16.4. The van der Waals surface area contributed by atoms with Gasteiger partial charge in [-0.3, -0.25) is 4.90 Å². The lowest BCUT2D eigenvalue weighted by Crippen LogP contribution is -2.34. The number of halogens is 1. The summed E-state index contributed by atoms with van der Waals surface area (Å²) >= 11 is 1.49. The number of rotatable bonds is 8. The van der Waals surface area contributed by atoms with Gasteiger partial charge in [-0.2, -0.15) is 0 Å². The molecule has 2 atom stereocenters. The Morgan fingerprint density at radius 3 is 2.85 bits per heavy atom. The van der Waals surface area contributed by atoms with Crippen LogP contribution in [0.3, 0.4) is 0 Å². The molecular weight excluding hydrogens is 535 g/mol. The number of hydrogen-bond donors (Lipinski definition) is 0. The lowest BCUT2D eigenvalue weighted by atomic mass is 10.2. The highest BCUT2D eigenvalue weighted by Gasteiger charge is 2.22. The number of benzene rings is 1. The van der Waals surface area contributed by atoms with Gasteiger partial charge in [-0.1, -0.05) is 5.92 Å². The Bertz CT molecular complexity index is 1370. The molecular formula is C29H33FN4O5S. The first kappa shape index (κ1) is 29.4. The number of carbonyl (C=O) groups is 1. The highest BCUT2D eigenvalue weighted by molar-refractivity contribution is 7.19. The minimum absolute atomic E-state index is 0.101. The maximum Gasteiger partial charge on any atom is 0.415 e. The van der Waals surface area contributed by atoms with E-state index < -0.39 is 24.5 Å². The van der Waals surface area contributed by atoms with Gasteiger partial charge in [0.05, 0.1) is 22.6 Å². The molecule has 212 valence electrons. The molecule has 0 bridgehead atoms. The maximum absolute atomic E-state index is 13.4. The maximum atomic E-state index is 13.4. The summed E-state index contributed by atoms with van der Waals surface area (Å²) in [5, 5.41) is 0.779. The third kappa shape index (κ3) is 8.71. The van der Waals surface area contributed by atoms with Gasteiger partial charge in [0.15, 0.2) is 12.1 Å². The SMILES string of the molecule is CN(C(=O)OC(C)(C)C)c1cnc(C#C/C=C/c2nc3ccc(OC[C@@H](CF)OC4CCCCO4)cc3s2)cn1. The number of anilines is 1. The number of alkyl halides is 1. The van der Waals surface area contributed by atoms with Crippen LogP contribution in [0.4, 0.5) is 15.0 Å². The van der Waals surface area contributed by atoms with Gasteiger partial charge in [-0.05, 0) is 76.3 Å². The quantitative estimate of drug-likeness (QED) is 0.316. The van der Waals surface area contributed by atoms with Crippen molar-refractivity contribution in [3.63, 3.8) is 0 Å². The zero-order chi connectivity index (χ0) is 28.5. The fraction of sp³-hybridized carbons (Fsp3) is 0.448. The monoisotopic (exact) mass is 568 g/mol. The Labute approximate surface area is 237 Å². The molecule has 2 aromatic heterocycles. The molecule has 9 nitrogen and oxygen atoms in total. The van der Waals surface area contributed by atoms with E-state index in [0.717, 1.165) is 34.5 Å². The van der Waals surface area contributed by atoms with Crippen LogP contribution >= 0.6 is 11.3 Å². The second-order valence-electron chi connectivity index (χ2n) is 10.1. The molecule has 1 saturated heterocycles. The molecule has 1 aliphatic rings. The van der Waals surface area contributed by atoms with Crippen molar-refractivity contribution in [2.45, 2.75) is 58.0 Å². The van der Waals surface area contributed by atoms with Crippen LogP contribution in [0.25, 0.3) is 16.3 Å². The number of allylic oxidation sites excluding steroid dienone is 1. The highest BCUT2D eigenvalue weighted by Crippen LogP contribution is 2.27. The minimum atomic E-state index is -0.677. The lowest BCUT2D eigenvalue weighted by Gasteiger charge is -2.26. The van der Waals surface area contributed by atoms with Gasteiger partial charge < -0.3 is 18.9 Å². The molecule has 4 rings (SSSR count). The third-order valence-electron chi connectivity index (χ3n) is 5.63. The predicted octanol–water partition coefficient (Wildman–Crippen LogP) is 5.78. The number of thiazole rings is 1. The number of carbonyl (C=O) groups excluding carboxylic acids is 1. The molecule has 1 fully saturated rings. The van der Waals surface area contributed by atoms with Crippen molar-refractivity contribution in [3.05, 3.63) is 47.4 Å². The summed E-state index contributed by atoms with van der Waals surface area (Å²) in [6.07, 6.45) is 7.72. The lowest BCUT2D eigenvalue weighted by molar-refractivity contribution is -0.195. The molecule has 3 heterocycles. The number of aromatic nitrogens is 3. The molecule has 1 unspecified atom stereocenters. The fourth-order valence-electron chi connectivity index (χ4n) is 3.64. The van der Waals surface area contributed by atoms with Gasteiger partial charge >= 0.3 is 6.09 Å². The van der Waals surface area contributed by atoms with Crippen molar-refractivity contribution in [1.29, 1.82) is 0 Å². The van der Waals surface area contributed by atoms with Crippen LogP contribution < -0.4 is 9.64 Å². The van der Waals surface area contributed by atoms with E-state index in [4.69, 9.17) is 18.9 Å². The Morgan fingerprint density at radius 2 is 2.15 bits per heavy atom. The molecule has 0 radical (unpaired) electrons. The van der Waals surface area contributed by atoms with Crippen LogP contribution in [0, 0.1) is 11.8 Å². The smallest absolute Gasteiger partial charge is 0.415 e. The summed E-state index contributed by atoms with van der Waals surface area (Å²) < 4.78 is 36.7. The average molecular weight is 569 g/mol. The van der Waals surface area contributed by atoms with Crippen LogP contribution in [0.15, 0.2) is 36.7 Å². The van der Waals surface area contributed by atoms with Crippen LogP contribution in [-0.4, -0.2) is 66.0 Å². The zero-order valence-corrected chi connectivity index (χ0v) is 23.9. The van der Waals surface area contributed by atoms with Gasteiger partial charge in [0.25, 0.3) is 0 Å². The van der Waals surface area contributed by atoms with E-state index in [1.165, 1.54) is 28.6 Å². The van der Waals surface area contributed by atoms with Crippen LogP contribution in [0.5, 0.6) is 5.75 Å². The third-order valence-corrected chi connectivity index (χ3v) is 6.61. The van der Waals surface area contributed by atoms with Gasteiger partial charge in [0, 0.05) is 13.7 Å². The number of amides is 1. The zero-order valence-electron chi connectivity index (χ0n) is 23.1. The summed E-state index contributed by atoms with van der Waals surface area (Å²) in [4.78, 5) is 26.5. The van der Waals surface area contributed by atoms with E-state index in [-0.39, 0.29) is 12.9 Å². The average Bonchev–Trinajstić information content (AvgIpc) is 3.35. The standard InChI is InChI=1S/C29H33FN4O5S/c1-29(2,3)39-28(35)34(4)25-18-31-20(17-32-25)9-5-6-10-26-33-23-13-12-21(15-24(23)40-26)37-19-22(16-30)38-27-11-7-8-14-36-27/h6,10,12-13,15,17-18,22,27H,7-8,11,14,16,19H2,1-4H3/b10-6+/t22-,27?/m1/s1. The van der Waals surface area contributed by atoms with E-state index in [9.17, 15) is 9.18 Å². The Kier molecular flexibility index (Phi) is 10.0. The van der Waals surface area contributed by atoms with Crippen LogP contribution in [0.2, 0.25) is 0 Å². The summed E-state index contributed by atoms with van der Waals surface area (Å²) in [6, 6.07) is 5.56. The summed E-state index contributed by atoms with van der Waals surface area (Å²) in [7, 11) is 1.57.